The molecule has 5 nitrogen and oxygen atoms in total. The van der Waals surface area contributed by atoms with Gasteiger partial charge in [0.05, 0.1) is 12.8 Å². The first kappa shape index (κ1) is 12.0. The summed E-state index contributed by atoms with van der Waals surface area (Å²) in [5.74, 6) is 0.772. The van der Waals surface area contributed by atoms with Crippen LogP contribution in [0.3, 0.4) is 0 Å². The fourth-order valence-corrected chi connectivity index (χ4v) is 1.06. The molecule has 1 heterocycles. The molecule has 2 N–H and O–H groups in total. The van der Waals surface area contributed by atoms with Crippen LogP contribution in [0, 0.1) is 0 Å². The van der Waals surface area contributed by atoms with Crippen molar-refractivity contribution in [2.24, 2.45) is 0 Å². The van der Waals surface area contributed by atoms with Crippen molar-refractivity contribution in [3.8, 4) is 5.88 Å². The average Bonchev–Trinajstić information content (AvgIpc) is 2.26. The van der Waals surface area contributed by atoms with Gasteiger partial charge in [-0.1, -0.05) is 18.5 Å². The Hall–Kier alpha value is -1.07. The van der Waals surface area contributed by atoms with Gasteiger partial charge in [-0.15, -0.1) is 0 Å². The van der Waals surface area contributed by atoms with Crippen molar-refractivity contribution in [3.05, 3.63) is 11.2 Å². The van der Waals surface area contributed by atoms with Gasteiger partial charge in [0.1, 0.15) is 11.6 Å². The van der Waals surface area contributed by atoms with E-state index in [2.05, 4.69) is 15.3 Å². The molecule has 0 radical (unpaired) electrons. The molecule has 1 aromatic heterocycles. The first-order valence-electron chi connectivity index (χ1n) is 4.78. The number of nitrogens with one attached hydrogen (secondary N) is 1. The summed E-state index contributed by atoms with van der Waals surface area (Å²) < 4.78 is 5.13. The fourth-order valence-electron chi connectivity index (χ4n) is 0.917. The lowest BCUT2D eigenvalue weighted by Gasteiger charge is -2.07. The van der Waals surface area contributed by atoms with Gasteiger partial charge in [0, 0.05) is 6.54 Å². The van der Waals surface area contributed by atoms with Crippen molar-refractivity contribution in [1.29, 1.82) is 0 Å². The highest BCUT2D eigenvalue weighted by molar-refractivity contribution is 6.31. The molecule has 0 aliphatic heterocycles. The summed E-state index contributed by atoms with van der Waals surface area (Å²) in [6.45, 7) is 2.94. The minimum absolute atomic E-state index is 0.0714. The Kier molecular flexibility index (Phi) is 5.14. The van der Waals surface area contributed by atoms with E-state index < -0.39 is 0 Å². The van der Waals surface area contributed by atoms with Gasteiger partial charge in [-0.25, -0.2) is 4.98 Å². The molecule has 0 aromatic carbocycles. The monoisotopic (exact) mass is 231 g/mol. The van der Waals surface area contributed by atoms with E-state index in [9.17, 15) is 0 Å². The minimum atomic E-state index is -0.0714. The number of halogens is 1. The Bertz CT molecular complexity index is 309. The molecule has 15 heavy (non-hydrogen) atoms. The third-order valence-corrected chi connectivity index (χ3v) is 1.83. The predicted molar refractivity (Wildman–Crippen MR) is 58.4 cm³/mol. The van der Waals surface area contributed by atoms with E-state index in [4.69, 9.17) is 21.4 Å². The molecule has 0 unspecified atom stereocenters. The summed E-state index contributed by atoms with van der Waals surface area (Å²) in [6, 6.07) is 0. The molecule has 0 saturated heterocycles. The zero-order chi connectivity index (χ0) is 11.1. The summed E-state index contributed by atoms with van der Waals surface area (Å²) in [7, 11) is 0. The van der Waals surface area contributed by atoms with E-state index in [1.54, 1.807) is 0 Å². The number of aliphatic hydroxyl groups is 1. The van der Waals surface area contributed by atoms with Crippen molar-refractivity contribution < 1.29 is 9.84 Å². The van der Waals surface area contributed by atoms with E-state index in [1.807, 2.05) is 6.92 Å². The summed E-state index contributed by atoms with van der Waals surface area (Å²) >= 11 is 5.81. The molecule has 0 atom stereocenters. The van der Waals surface area contributed by atoms with E-state index in [0.717, 1.165) is 13.0 Å². The number of aromatic nitrogens is 2. The summed E-state index contributed by atoms with van der Waals surface area (Å²) in [5, 5.41) is 12.0. The van der Waals surface area contributed by atoms with E-state index in [-0.39, 0.29) is 13.2 Å². The van der Waals surface area contributed by atoms with Crippen LogP contribution in [-0.4, -0.2) is 34.8 Å². The molecule has 0 saturated carbocycles. The number of hydrogen-bond donors (Lipinski definition) is 2. The predicted octanol–water partition coefficient (Wildman–Crippen LogP) is 1.32. The van der Waals surface area contributed by atoms with Crippen molar-refractivity contribution in [1.82, 2.24) is 9.97 Å². The van der Waals surface area contributed by atoms with Crippen LogP contribution in [0.25, 0.3) is 0 Å². The van der Waals surface area contributed by atoms with Gasteiger partial charge >= 0.3 is 0 Å². The second-order valence-corrected chi connectivity index (χ2v) is 3.25. The molecule has 0 fully saturated rings. The van der Waals surface area contributed by atoms with E-state index in [1.165, 1.54) is 6.20 Å². The van der Waals surface area contributed by atoms with Crippen molar-refractivity contribution in [2.75, 3.05) is 25.1 Å². The molecular weight excluding hydrogens is 218 g/mol. The lowest BCUT2D eigenvalue weighted by Crippen LogP contribution is -2.08. The first-order valence-corrected chi connectivity index (χ1v) is 5.15. The van der Waals surface area contributed by atoms with Crippen LogP contribution in [-0.2, 0) is 0 Å². The van der Waals surface area contributed by atoms with Crippen molar-refractivity contribution >= 4 is 17.5 Å². The zero-order valence-corrected chi connectivity index (χ0v) is 9.29. The number of ether oxygens (including phenoxy) is 1. The van der Waals surface area contributed by atoms with Gasteiger partial charge in [0.25, 0.3) is 0 Å². The molecule has 1 aromatic rings. The Morgan fingerprint density at radius 3 is 3.07 bits per heavy atom. The molecule has 84 valence electrons. The topological polar surface area (TPSA) is 67.3 Å². The number of aliphatic hydroxyl groups excluding tert-OH is 1. The number of anilines is 1. The van der Waals surface area contributed by atoms with Crippen LogP contribution in [0.15, 0.2) is 6.20 Å². The van der Waals surface area contributed by atoms with Crippen LogP contribution in [0.5, 0.6) is 5.88 Å². The molecule has 0 aliphatic rings. The third-order valence-electron chi connectivity index (χ3n) is 1.58. The molecular formula is C9H14ClN3O2. The van der Waals surface area contributed by atoms with Crippen molar-refractivity contribution in [3.63, 3.8) is 0 Å². The lowest BCUT2D eigenvalue weighted by atomic mass is 10.5. The third kappa shape index (κ3) is 3.89. The van der Waals surface area contributed by atoms with Gasteiger partial charge in [0.15, 0.2) is 0 Å². The van der Waals surface area contributed by atoms with Gasteiger partial charge in [-0.05, 0) is 6.42 Å². The van der Waals surface area contributed by atoms with Crippen LogP contribution >= 0.6 is 11.6 Å². The quantitative estimate of drug-likeness (QED) is 0.773. The maximum absolute atomic E-state index is 8.60. The SMILES string of the molecule is CCCNc1ncc(Cl)c(OCCO)n1. The Balaban J connectivity index is 2.66. The van der Waals surface area contributed by atoms with Crippen LogP contribution in [0.4, 0.5) is 5.95 Å². The minimum Gasteiger partial charge on any atom is -0.474 e. The number of hydrogen-bond acceptors (Lipinski definition) is 5. The van der Waals surface area contributed by atoms with Gasteiger partial charge in [-0.3, -0.25) is 0 Å². The van der Waals surface area contributed by atoms with Crippen LogP contribution in [0.2, 0.25) is 5.02 Å². The normalized spacial score (nSPS) is 10.1. The number of rotatable bonds is 6. The van der Waals surface area contributed by atoms with Gasteiger partial charge in [0.2, 0.25) is 11.8 Å². The molecule has 0 bridgehead atoms. The maximum atomic E-state index is 8.60. The first-order chi connectivity index (χ1) is 7.27. The Labute approximate surface area is 93.5 Å². The second-order valence-electron chi connectivity index (χ2n) is 2.85. The summed E-state index contributed by atoms with van der Waals surface area (Å²) in [6.07, 6.45) is 2.46. The Morgan fingerprint density at radius 2 is 2.40 bits per heavy atom. The molecule has 0 amide bonds. The zero-order valence-electron chi connectivity index (χ0n) is 8.53. The van der Waals surface area contributed by atoms with Crippen LogP contribution in [0.1, 0.15) is 13.3 Å². The standard InChI is InChI=1S/C9H14ClN3O2/c1-2-3-11-9-12-6-7(10)8(13-9)15-5-4-14/h6,14H,2-5H2,1H3,(H,11,12,13). The maximum Gasteiger partial charge on any atom is 0.237 e. The Morgan fingerprint density at radius 1 is 1.60 bits per heavy atom. The molecule has 0 spiro atoms. The highest BCUT2D eigenvalue weighted by Crippen LogP contribution is 2.21. The fraction of sp³-hybridized carbons (Fsp3) is 0.556. The smallest absolute Gasteiger partial charge is 0.237 e. The lowest BCUT2D eigenvalue weighted by molar-refractivity contribution is 0.197. The second kappa shape index (κ2) is 6.42. The summed E-state index contributed by atoms with van der Waals surface area (Å²) in [5.41, 5.74) is 0. The highest BCUT2D eigenvalue weighted by atomic mass is 35.5. The van der Waals surface area contributed by atoms with E-state index in [0.29, 0.717) is 16.9 Å². The van der Waals surface area contributed by atoms with E-state index >= 15 is 0 Å². The average molecular weight is 232 g/mol. The number of nitrogens with zero attached hydrogens (tertiary/aromatic N) is 2. The van der Waals surface area contributed by atoms with Gasteiger partial charge in [-0.2, -0.15) is 4.98 Å². The highest BCUT2D eigenvalue weighted by Gasteiger charge is 2.05. The molecule has 6 heteroatoms. The summed E-state index contributed by atoms with van der Waals surface area (Å²) in [4.78, 5) is 8.05. The van der Waals surface area contributed by atoms with Crippen molar-refractivity contribution in [2.45, 2.75) is 13.3 Å². The largest absolute Gasteiger partial charge is 0.474 e. The molecule has 0 aliphatic carbocycles. The molecule has 1 rings (SSSR count). The van der Waals surface area contributed by atoms with Crippen LogP contribution < -0.4 is 10.1 Å². The van der Waals surface area contributed by atoms with Gasteiger partial charge < -0.3 is 15.2 Å².